The maximum atomic E-state index is 13.1. The predicted molar refractivity (Wildman–Crippen MR) is 108 cm³/mol. The van der Waals surface area contributed by atoms with Crippen LogP contribution in [0.25, 0.3) is 0 Å². The molecule has 160 valence electrons. The number of sulfonamides is 1. The predicted octanol–water partition coefficient (Wildman–Crippen LogP) is 2.31. The molecule has 0 spiro atoms. The zero-order chi connectivity index (χ0) is 21.3. The Morgan fingerprint density at radius 2 is 1.97 bits per heavy atom. The Kier molecular flexibility index (Phi) is 5.72. The lowest BCUT2D eigenvalue weighted by atomic mass is 10.1. The van der Waals surface area contributed by atoms with Crippen LogP contribution in [-0.4, -0.2) is 45.7 Å². The summed E-state index contributed by atoms with van der Waals surface area (Å²) in [4.78, 5) is 4.70. The second-order valence-corrected chi connectivity index (χ2v) is 9.37. The average molecular weight is 432 g/mol. The molecule has 2 aromatic heterocycles. The molecule has 9 nitrogen and oxygen atoms in total. The highest BCUT2D eigenvalue weighted by molar-refractivity contribution is 7.89. The molecule has 0 bridgehead atoms. The molecule has 0 aliphatic carbocycles. The van der Waals surface area contributed by atoms with E-state index in [-0.39, 0.29) is 17.4 Å². The molecule has 1 saturated heterocycles. The van der Waals surface area contributed by atoms with Gasteiger partial charge in [-0.3, -0.25) is 4.68 Å². The van der Waals surface area contributed by atoms with E-state index in [0.29, 0.717) is 49.2 Å². The fourth-order valence-electron chi connectivity index (χ4n) is 3.74. The second-order valence-electron chi connectivity index (χ2n) is 7.50. The van der Waals surface area contributed by atoms with Gasteiger partial charge in [0.2, 0.25) is 10.0 Å². The van der Waals surface area contributed by atoms with Crippen LogP contribution in [0, 0.1) is 13.8 Å². The first-order chi connectivity index (χ1) is 14.4. The summed E-state index contributed by atoms with van der Waals surface area (Å²) in [6, 6.07) is 9.84. The third-order valence-corrected chi connectivity index (χ3v) is 7.50. The van der Waals surface area contributed by atoms with Crippen molar-refractivity contribution in [2.24, 2.45) is 7.05 Å². The van der Waals surface area contributed by atoms with Crippen LogP contribution in [-0.2, 0) is 35.0 Å². The molecule has 0 amide bonds. The molecule has 3 heterocycles. The minimum Gasteiger partial charge on any atom is -0.367 e. The quantitative estimate of drug-likeness (QED) is 0.565. The molecular formula is C20H25N5O4S. The number of hydrogen-bond acceptors (Lipinski definition) is 7. The minimum atomic E-state index is -3.62. The van der Waals surface area contributed by atoms with Gasteiger partial charge in [-0.25, -0.2) is 8.42 Å². The molecular weight excluding hydrogens is 406 g/mol. The summed E-state index contributed by atoms with van der Waals surface area (Å²) in [6.45, 7) is 4.88. The fraction of sp³-hybridized carbons (Fsp3) is 0.450. The molecule has 1 atom stereocenters. The summed E-state index contributed by atoms with van der Waals surface area (Å²) in [5.74, 6) is 0.801. The summed E-state index contributed by atoms with van der Waals surface area (Å²) in [7, 11) is -1.87. The van der Waals surface area contributed by atoms with Crippen LogP contribution in [0.3, 0.4) is 0 Å². The Hall–Kier alpha value is -2.56. The van der Waals surface area contributed by atoms with Gasteiger partial charge in [0.15, 0.2) is 5.82 Å². The van der Waals surface area contributed by atoms with E-state index < -0.39 is 10.0 Å². The normalized spacial score (nSPS) is 17.6. The van der Waals surface area contributed by atoms with Crippen LogP contribution in [0.15, 0.2) is 39.8 Å². The first-order valence-corrected chi connectivity index (χ1v) is 11.2. The topological polar surface area (TPSA) is 103 Å². The van der Waals surface area contributed by atoms with Crippen molar-refractivity contribution in [3.63, 3.8) is 0 Å². The molecule has 0 radical (unpaired) electrons. The Morgan fingerprint density at radius 1 is 1.20 bits per heavy atom. The molecule has 10 heteroatoms. The molecule has 0 N–H and O–H groups in total. The summed E-state index contributed by atoms with van der Waals surface area (Å²) in [5, 5.41) is 8.28. The molecule has 1 aliphatic heterocycles. The van der Waals surface area contributed by atoms with Gasteiger partial charge in [-0.15, -0.1) is 0 Å². The van der Waals surface area contributed by atoms with E-state index in [2.05, 4.69) is 15.2 Å². The highest BCUT2D eigenvalue weighted by atomic mass is 32.2. The summed E-state index contributed by atoms with van der Waals surface area (Å²) < 4.78 is 40.3. The van der Waals surface area contributed by atoms with E-state index in [4.69, 9.17) is 9.26 Å². The van der Waals surface area contributed by atoms with Crippen molar-refractivity contribution in [2.45, 2.75) is 44.3 Å². The first-order valence-electron chi connectivity index (χ1n) is 9.80. The molecule has 3 aromatic rings. The van der Waals surface area contributed by atoms with Crippen molar-refractivity contribution < 1.29 is 17.7 Å². The Bertz CT molecular complexity index is 1120. The van der Waals surface area contributed by atoms with Crippen molar-refractivity contribution in [3.05, 3.63) is 59.0 Å². The molecule has 1 aliphatic rings. The molecule has 1 unspecified atom stereocenters. The van der Waals surface area contributed by atoms with Gasteiger partial charge in [0.05, 0.1) is 18.0 Å². The number of aromatic nitrogens is 4. The zero-order valence-corrected chi connectivity index (χ0v) is 18.1. The highest BCUT2D eigenvalue weighted by Gasteiger charge is 2.37. The lowest BCUT2D eigenvalue weighted by molar-refractivity contribution is 0.0850. The van der Waals surface area contributed by atoms with Crippen molar-refractivity contribution in [1.82, 2.24) is 24.2 Å². The third kappa shape index (κ3) is 4.03. The van der Waals surface area contributed by atoms with Crippen LogP contribution < -0.4 is 0 Å². The van der Waals surface area contributed by atoms with Gasteiger partial charge in [-0.1, -0.05) is 35.5 Å². The SMILES string of the molecule is Cc1nn(C)c(C)c1S(=O)(=O)N1CCC(c2noc(COCc3ccccc3)n2)C1. The highest BCUT2D eigenvalue weighted by Crippen LogP contribution is 2.31. The number of aryl methyl sites for hydroxylation is 2. The Balaban J connectivity index is 1.39. The minimum absolute atomic E-state index is 0.108. The van der Waals surface area contributed by atoms with Crippen LogP contribution in [0.2, 0.25) is 0 Å². The molecule has 30 heavy (non-hydrogen) atoms. The van der Waals surface area contributed by atoms with Gasteiger partial charge < -0.3 is 9.26 Å². The molecule has 0 saturated carbocycles. The van der Waals surface area contributed by atoms with Crippen LogP contribution in [0.4, 0.5) is 0 Å². The van der Waals surface area contributed by atoms with Crippen LogP contribution in [0.5, 0.6) is 0 Å². The Morgan fingerprint density at radius 3 is 2.67 bits per heavy atom. The average Bonchev–Trinajstić information content (AvgIpc) is 3.43. The Labute approximate surface area is 175 Å². The fourth-order valence-corrected chi connectivity index (χ4v) is 5.64. The van der Waals surface area contributed by atoms with Crippen LogP contribution in [0.1, 0.15) is 41.0 Å². The lowest BCUT2D eigenvalue weighted by Crippen LogP contribution is -2.29. The van der Waals surface area contributed by atoms with E-state index >= 15 is 0 Å². The molecule has 4 rings (SSSR count). The summed E-state index contributed by atoms with van der Waals surface area (Å²) in [6.07, 6.45) is 0.640. The molecule has 1 fully saturated rings. The number of ether oxygens (including phenoxy) is 1. The maximum absolute atomic E-state index is 13.1. The van der Waals surface area contributed by atoms with Crippen molar-refractivity contribution in [3.8, 4) is 0 Å². The number of benzene rings is 1. The second kappa shape index (κ2) is 8.29. The smallest absolute Gasteiger partial charge is 0.252 e. The maximum Gasteiger partial charge on any atom is 0.252 e. The number of hydrogen-bond donors (Lipinski definition) is 0. The lowest BCUT2D eigenvalue weighted by Gasteiger charge is -2.16. The summed E-state index contributed by atoms with van der Waals surface area (Å²) >= 11 is 0. The van der Waals surface area contributed by atoms with E-state index in [1.807, 2.05) is 30.3 Å². The van der Waals surface area contributed by atoms with Gasteiger partial charge in [-0.2, -0.15) is 14.4 Å². The van der Waals surface area contributed by atoms with Gasteiger partial charge in [-0.05, 0) is 25.8 Å². The van der Waals surface area contributed by atoms with E-state index in [9.17, 15) is 8.42 Å². The zero-order valence-electron chi connectivity index (χ0n) is 17.3. The van der Waals surface area contributed by atoms with E-state index in [1.165, 1.54) is 4.31 Å². The number of rotatable bonds is 7. The van der Waals surface area contributed by atoms with Crippen molar-refractivity contribution in [1.29, 1.82) is 0 Å². The summed E-state index contributed by atoms with van der Waals surface area (Å²) in [5.41, 5.74) is 2.21. The van der Waals surface area contributed by atoms with Gasteiger partial charge in [0, 0.05) is 26.1 Å². The third-order valence-electron chi connectivity index (χ3n) is 5.38. The number of nitrogens with zero attached hydrogens (tertiary/aromatic N) is 5. The van der Waals surface area contributed by atoms with Gasteiger partial charge in [0.1, 0.15) is 11.5 Å². The van der Waals surface area contributed by atoms with Gasteiger partial charge in [0.25, 0.3) is 5.89 Å². The largest absolute Gasteiger partial charge is 0.367 e. The van der Waals surface area contributed by atoms with E-state index in [0.717, 1.165) is 5.56 Å². The van der Waals surface area contributed by atoms with Crippen molar-refractivity contribution >= 4 is 10.0 Å². The first kappa shape index (κ1) is 20.7. The monoisotopic (exact) mass is 431 g/mol. The van der Waals surface area contributed by atoms with Crippen LogP contribution >= 0.6 is 0 Å². The van der Waals surface area contributed by atoms with Gasteiger partial charge >= 0.3 is 0 Å². The van der Waals surface area contributed by atoms with E-state index in [1.54, 1.807) is 25.6 Å². The standard InChI is InChI=1S/C20H25N5O4S/c1-14-19(15(2)24(3)22-14)30(26,27)25-10-9-17(11-25)20-21-18(29-23-20)13-28-12-16-7-5-4-6-8-16/h4-8,17H,9-13H2,1-3H3. The molecule has 1 aromatic carbocycles. The van der Waals surface area contributed by atoms with Crippen molar-refractivity contribution in [2.75, 3.05) is 13.1 Å².